The van der Waals surface area contributed by atoms with E-state index in [1.807, 2.05) is 24.3 Å². The lowest BCUT2D eigenvalue weighted by molar-refractivity contribution is 0.496. The number of nitrogens with zero attached hydrogens (tertiary/aromatic N) is 2. The summed E-state index contributed by atoms with van der Waals surface area (Å²) in [6.45, 7) is 0. The van der Waals surface area contributed by atoms with Crippen LogP contribution in [0.3, 0.4) is 0 Å². The van der Waals surface area contributed by atoms with Gasteiger partial charge in [0.15, 0.2) is 0 Å². The first kappa shape index (κ1) is 15.9. The van der Waals surface area contributed by atoms with E-state index in [9.17, 15) is 4.39 Å². The smallest absolute Gasteiger partial charge is 0.240 e. The van der Waals surface area contributed by atoms with Crippen molar-refractivity contribution in [3.8, 4) is 0 Å². The van der Waals surface area contributed by atoms with Crippen LogP contribution in [0.25, 0.3) is 12.2 Å². The Balaban J connectivity index is 1.74. The predicted molar refractivity (Wildman–Crippen MR) is 91.6 cm³/mol. The zero-order valence-electron chi connectivity index (χ0n) is 11.8. The second kappa shape index (κ2) is 7.06. The van der Waals surface area contributed by atoms with Crippen molar-refractivity contribution < 1.29 is 8.81 Å². The Morgan fingerprint density at radius 1 is 1.13 bits per heavy atom. The van der Waals surface area contributed by atoms with Gasteiger partial charge in [0.2, 0.25) is 11.8 Å². The number of rotatable bonds is 4. The highest BCUT2D eigenvalue weighted by atomic mass is 79.9. The van der Waals surface area contributed by atoms with Gasteiger partial charge < -0.3 is 4.42 Å². The van der Waals surface area contributed by atoms with Gasteiger partial charge in [-0.05, 0) is 35.4 Å². The van der Waals surface area contributed by atoms with E-state index in [0.29, 0.717) is 23.8 Å². The molecule has 3 nitrogen and oxygen atoms in total. The molecule has 0 fully saturated rings. The Bertz CT molecular complexity index is 863. The monoisotopic (exact) mass is 392 g/mol. The lowest BCUT2D eigenvalue weighted by atomic mass is 10.1. The molecule has 3 rings (SSSR count). The minimum absolute atomic E-state index is 0.0672. The molecule has 1 heterocycles. The molecule has 0 saturated carbocycles. The van der Waals surface area contributed by atoms with Crippen LogP contribution in [-0.2, 0) is 6.42 Å². The molecule has 0 aliphatic rings. The molecule has 2 aromatic carbocycles. The molecule has 23 heavy (non-hydrogen) atoms. The summed E-state index contributed by atoms with van der Waals surface area (Å²) in [5.41, 5.74) is 1.62. The van der Waals surface area contributed by atoms with E-state index in [-0.39, 0.29) is 5.02 Å². The summed E-state index contributed by atoms with van der Waals surface area (Å²) in [5, 5.41) is 8.02. The topological polar surface area (TPSA) is 38.9 Å². The van der Waals surface area contributed by atoms with E-state index < -0.39 is 5.82 Å². The Morgan fingerprint density at radius 2 is 1.96 bits per heavy atom. The number of aromatic nitrogens is 2. The summed E-state index contributed by atoms with van der Waals surface area (Å²) in [4.78, 5) is 0. The summed E-state index contributed by atoms with van der Waals surface area (Å²) in [7, 11) is 0. The maximum atomic E-state index is 13.4. The summed E-state index contributed by atoms with van der Waals surface area (Å²) in [6.07, 6.45) is 3.79. The van der Waals surface area contributed by atoms with Crippen molar-refractivity contribution >= 4 is 39.7 Å². The minimum atomic E-state index is -0.463. The van der Waals surface area contributed by atoms with Crippen molar-refractivity contribution in [3.63, 3.8) is 0 Å². The average molecular weight is 394 g/mol. The lowest BCUT2D eigenvalue weighted by Gasteiger charge is -1.98. The Hall–Kier alpha value is -1.98. The minimum Gasteiger partial charge on any atom is -0.421 e. The van der Waals surface area contributed by atoms with Gasteiger partial charge in [-0.2, -0.15) is 0 Å². The van der Waals surface area contributed by atoms with Crippen molar-refractivity contribution in [2.45, 2.75) is 6.42 Å². The van der Waals surface area contributed by atoms with Gasteiger partial charge in [0, 0.05) is 10.5 Å². The third-order valence-electron chi connectivity index (χ3n) is 3.11. The zero-order chi connectivity index (χ0) is 16.2. The Kier molecular flexibility index (Phi) is 4.88. The van der Waals surface area contributed by atoms with Gasteiger partial charge in [-0.3, -0.25) is 0 Å². The van der Waals surface area contributed by atoms with Gasteiger partial charge in [0.25, 0.3) is 0 Å². The molecule has 0 spiro atoms. The molecule has 0 atom stereocenters. The normalized spacial score (nSPS) is 11.3. The third-order valence-corrected chi connectivity index (χ3v) is 4.01. The summed E-state index contributed by atoms with van der Waals surface area (Å²) in [6, 6.07) is 12.5. The van der Waals surface area contributed by atoms with E-state index in [0.717, 1.165) is 10.0 Å². The van der Waals surface area contributed by atoms with Crippen molar-refractivity contribution in [1.82, 2.24) is 10.2 Å². The van der Waals surface area contributed by atoms with E-state index >= 15 is 0 Å². The molecule has 0 radical (unpaired) electrons. The molecule has 3 aromatic rings. The summed E-state index contributed by atoms with van der Waals surface area (Å²) in [5.74, 6) is 0.387. The van der Waals surface area contributed by atoms with Crippen molar-refractivity contribution in [3.05, 3.63) is 80.7 Å². The highest BCUT2D eigenvalue weighted by Gasteiger charge is 2.06. The van der Waals surface area contributed by atoms with E-state index in [4.69, 9.17) is 16.0 Å². The first-order valence-corrected chi connectivity index (χ1v) is 7.98. The van der Waals surface area contributed by atoms with E-state index in [1.165, 1.54) is 6.07 Å². The molecular weight excluding hydrogens is 383 g/mol. The second-order valence-corrected chi connectivity index (χ2v) is 6.11. The highest BCUT2D eigenvalue weighted by Crippen LogP contribution is 2.22. The SMILES string of the molecule is Fc1cccc(/C=C/c2nnc(Cc3cccc(Br)c3)o2)c1Cl. The second-order valence-electron chi connectivity index (χ2n) is 4.82. The van der Waals surface area contributed by atoms with Crippen LogP contribution in [0.2, 0.25) is 5.02 Å². The number of halogens is 3. The highest BCUT2D eigenvalue weighted by molar-refractivity contribution is 9.10. The maximum absolute atomic E-state index is 13.4. The van der Waals surface area contributed by atoms with Crippen LogP contribution < -0.4 is 0 Å². The molecule has 116 valence electrons. The molecule has 0 aliphatic carbocycles. The Labute approximate surface area is 145 Å². The molecule has 0 saturated heterocycles. The quantitative estimate of drug-likeness (QED) is 0.597. The van der Waals surface area contributed by atoms with Gasteiger partial charge >= 0.3 is 0 Å². The van der Waals surface area contributed by atoms with Crippen molar-refractivity contribution in [2.24, 2.45) is 0 Å². The lowest BCUT2D eigenvalue weighted by Crippen LogP contribution is -1.87. The van der Waals surface area contributed by atoms with Crippen LogP contribution in [0.15, 0.2) is 51.4 Å². The molecule has 0 amide bonds. The molecular formula is C17H11BrClFN2O. The fraction of sp³-hybridized carbons (Fsp3) is 0.0588. The van der Waals surface area contributed by atoms with Crippen molar-refractivity contribution in [1.29, 1.82) is 0 Å². The van der Waals surface area contributed by atoms with Crippen LogP contribution in [-0.4, -0.2) is 10.2 Å². The van der Waals surface area contributed by atoms with Gasteiger partial charge in [-0.1, -0.05) is 51.8 Å². The predicted octanol–water partition coefficient (Wildman–Crippen LogP) is 5.39. The maximum Gasteiger partial charge on any atom is 0.240 e. The average Bonchev–Trinajstić information content (AvgIpc) is 2.96. The van der Waals surface area contributed by atoms with Gasteiger partial charge in [-0.25, -0.2) is 4.39 Å². The van der Waals surface area contributed by atoms with Crippen LogP contribution in [0.1, 0.15) is 22.9 Å². The molecule has 1 aromatic heterocycles. The first-order valence-electron chi connectivity index (χ1n) is 6.81. The van der Waals surface area contributed by atoms with E-state index in [2.05, 4.69) is 26.1 Å². The van der Waals surface area contributed by atoms with Gasteiger partial charge in [0.05, 0.1) is 11.4 Å². The first-order chi connectivity index (χ1) is 11.1. The van der Waals surface area contributed by atoms with Crippen LogP contribution in [0.5, 0.6) is 0 Å². The standard InChI is InChI=1S/C17H11BrClFN2O/c18-13-5-1-3-11(9-13)10-16-22-21-15(23-16)8-7-12-4-2-6-14(20)17(12)19/h1-9H,10H2/b8-7+. The molecule has 0 N–H and O–H groups in total. The van der Waals surface area contributed by atoms with Crippen molar-refractivity contribution in [2.75, 3.05) is 0 Å². The summed E-state index contributed by atoms with van der Waals surface area (Å²) >= 11 is 9.31. The number of hydrogen-bond donors (Lipinski definition) is 0. The third kappa shape index (κ3) is 4.06. The van der Waals surface area contributed by atoms with E-state index in [1.54, 1.807) is 24.3 Å². The number of hydrogen-bond acceptors (Lipinski definition) is 3. The van der Waals surface area contributed by atoms with Gasteiger partial charge in [-0.15, -0.1) is 10.2 Å². The zero-order valence-corrected chi connectivity index (χ0v) is 14.2. The van der Waals surface area contributed by atoms with Crippen LogP contribution in [0.4, 0.5) is 4.39 Å². The van der Waals surface area contributed by atoms with Crippen LogP contribution in [0, 0.1) is 5.82 Å². The largest absolute Gasteiger partial charge is 0.421 e. The molecule has 0 bridgehead atoms. The fourth-order valence-corrected chi connectivity index (χ4v) is 2.67. The van der Waals surface area contributed by atoms with Crippen LogP contribution >= 0.6 is 27.5 Å². The molecule has 0 aliphatic heterocycles. The summed E-state index contributed by atoms with van der Waals surface area (Å²) < 4.78 is 19.9. The molecule has 6 heteroatoms. The number of benzene rings is 2. The molecule has 0 unspecified atom stereocenters. The van der Waals surface area contributed by atoms with Gasteiger partial charge in [0.1, 0.15) is 5.82 Å². The Morgan fingerprint density at radius 3 is 2.78 bits per heavy atom. The fourth-order valence-electron chi connectivity index (χ4n) is 2.04.